The molecule has 2 bridgehead atoms. The number of pyridine rings is 1. The van der Waals surface area contributed by atoms with Crippen molar-refractivity contribution in [3.05, 3.63) is 72.7 Å². The first-order chi connectivity index (χ1) is 16.2. The van der Waals surface area contributed by atoms with Crippen molar-refractivity contribution in [1.82, 2.24) is 24.3 Å². The van der Waals surface area contributed by atoms with Crippen molar-refractivity contribution in [2.24, 2.45) is 0 Å². The number of imidazole rings is 1. The zero-order valence-electron chi connectivity index (χ0n) is 19.1. The van der Waals surface area contributed by atoms with Gasteiger partial charge in [-0.15, -0.1) is 0 Å². The fraction of sp³-hybridized carbons (Fsp3) is 0.346. The second kappa shape index (κ2) is 8.15. The van der Waals surface area contributed by atoms with Crippen LogP contribution in [0.4, 0.5) is 11.8 Å². The molecule has 0 amide bonds. The maximum absolute atomic E-state index is 5.15. The molecule has 2 fully saturated rings. The van der Waals surface area contributed by atoms with Gasteiger partial charge in [-0.2, -0.15) is 0 Å². The summed E-state index contributed by atoms with van der Waals surface area (Å²) in [6.07, 6.45) is 6.95. The van der Waals surface area contributed by atoms with Gasteiger partial charge in [-0.3, -0.25) is 9.30 Å². The lowest BCUT2D eigenvalue weighted by Crippen LogP contribution is -2.47. The lowest BCUT2D eigenvalue weighted by molar-refractivity contribution is 0.250. The van der Waals surface area contributed by atoms with E-state index in [2.05, 4.69) is 79.7 Å². The third-order valence-electron chi connectivity index (χ3n) is 7.11. The highest BCUT2D eigenvalue weighted by Gasteiger charge is 2.43. The summed E-state index contributed by atoms with van der Waals surface area (Å²) in [5, 5.41) is 3.53. The summed E-state index contributed by atoms with van der Waals surface area (Å²) in [5.74, 6) is 1.83. The highest BCUT2D eigenvalue weighted by atomic mass is 15.4. The van der Waals surface area contributed by atoms with E-state index in [1.807, 2.05) is 30.7 Å². The molecule has 3 aromatic heterocycles. The Morgan fingerprint density at radius 1 is 1.03 bits per heavy atom. The largest absolute Gasteiger partial charge is 0.364 e. The molecule has 0 saturated carbocycles. The number of fused-ring (bicyclic) bond motifs is 3. The molecular weight excluding hydrogens is 410 g/mol. The Hall–Kier alpha value is -3.45. The summed E-state index contributed by atoms with van der Waals surface area (Å²) in [6, 6.07) is 17.9. The Bertz CT molecular complexity index is 1270. The number of hydrogen-bond acceptors (Lipinski definition) is 6. The third-order valence-corrected chi connectivity index (χ3v) is 7.11. The average molecular weight is 440 g/mol. The van der Waals surface area contributed by atoms with E-state index in [-0.39, 0.29) is 6.04 Å². The van der Waals surface area contributed by atoms with Gasteiger partial charge in [0.2, 0.25) is 5.95 Å². The van der Waals surface area contributed by atoms with Gasteiger partial charge in [-0.25, -0.2) is 15.0 Å². The van der Waals surface area contributed by atoms with Crippen LogP contribution in [0.15, 0.2) is 67.1 Å². The van der Waals surface area contributed by atoms with E-state index in [9.17, 15) is 0 Å². The second-order valence-electron chi connectivity index (χ2n) is 9.09. The highest BCUT2D eigenvalue weighted by Crippen LogP contribution is 2.35. The van der Waals surface area contributed by atoms with Crippen molar-refractivity contribution < 1.29 is 0 Å². The molecule has 3 unspecified atom stereocenters. The minimum Gasteiger partial charge on any atom is -0.364 e. The molecule has 1 aromatic carbocycles. The molecule has 0 spiro atoms. The van der Waals surface area contributed by atoms with Crippen LogP contribution in [-0.4, -0.2) is 56.0 Å². The molecule has 3 atom stereocenters. The van der Waals surface area contributed by atoms with Crippen LogP contribution in [0.5, 0.6) is 0 Å². The standard InChI is InChI=1S/C26H29N7/c1-3-31-16-22-14-21(31)17-33(22)26-30-23(15-25-28-11-12-32(25)26)20-9-10-27-24(13-20)29-18(2)19-7-5-4-6-8-19/h4-13,15,18,21-22H,3,14,16-17H2,1-2H3,(H,27,29). The summed E-state index contributed by atoms with van der Waals surface area (Å²) >= 11 is 0. The van der Waals surface area contributed by atoms with E-state index in [1.165, 1.54) is 12.0 Å². The second-order valence-corrected chi connectivity index (χ2v) is 9.09. The first kappa shape index (κ1) is 20.2. The summed E-state index contributed by atoms with van der Waals surface area (Å²) in [7, 11) is 0. The van der Waals surface area contributed by atoms with Gasteiger partial charge in [0.05, 0.1) is 5.69 Å². The lowest BCUT2D eigenvalue weighted by atomic mass is 10.1. The molecule has 0 aliphatic carbocycles. The van der Waals surface area contributed by atoms with Crippen molar-refractivity contribution in [2.75, 3.05) is 29.9 Å². The van der Waals surface area contributed by atoms with Gasteiger partial charge in [0, 0.05) is 61.4 Å². The van der Waals surface area contributed by atoms with E-state index in [0.29, 0.717) is 12.1 Å². The minimum atomic E-state index is 0.161. The molecule has 7 nitrogen and oxygen atoms in total. The van der Waals surface area contributed by atoms with Gasteiger partial charge < -0.3 is 10.2 Å². The third kappa shape index (κ3) is 3.62. The van der Waals surface area contributed by atoms with Gasteiger partial charge in [0.1, 0.15) is 11.5 Å². The van der Waals surface area contributed by atoms with Gasteiger partial charge in [-0.05, 0) is 37.6 Å². The number of hydrogen-bond donors (Lipinski definition) is 1. The number of aromatic nitrogens is 4. The number of piperazine rings is 1. The quantitative estimate of drug-likeness (QED) is 0.485. The molecule has 4 aromatic rings. The molecule has 1 N–H and O–H groups in total. The molecule has 2 aliphatic rings. The smallest absolute Gasteiger partial charge is 0.212 e. The van der Waals surface area contributed by atoms with Crippen molar-refractivity contribution in [2.45, 2.75) is 38.4 Å². The SMILES string of the molecule is CCN1CC2CC1CN2c1nc(-c2ccnc(NC(C)c3ccccc3)c2)cc2nccn12. The van der Waals surface area contributed by atoms with Gasteiger partial charge >= 0.3 is 0 Å². The Labute approximate surface area is 194 Å². The predicted molar refractivity (Wildman–Crippen MR) is 131 cm³/mol. The Kier molecular flexibility index (Phi) is 4.99. The Balaban J connectivity index is 1.32. The summed E-state index contributed by atoms with van der Waals surface area (Å²) < 4.78 is 2.12. The topological polar surface area (TPSA) is 61.6 Å². The number of nitrogens with one attached hydrogen (secondary N) is 1. The number of anilines is 2. The minimum absolute atomic E-state index is 0.161. The molecule has 0 radical (unpaired) electrons. The van der Waals surface area contributed by atoms with Crippen LogP contribution in [0.2, 0.25) is 0 Å². The van der Waals surface area contributed by atoms with Crippen LogP contribution >= 0.6 is 0 Å². The number of rotatable bonds is 6. The van der Waals surface area contributed by atoms with Gasteiger partial charge in [0.25, 0.3) is 0 Å². The van der Waals surface area contributed by atoms with E-state index in [1.54, 1.807) is 0 Å². The molecule has 2 aliphatic heterocycles. The molecule has 5 heterocycles. The Morgan fingerprint density at radius 2 is 1.91 bits per heavy atom. The average Bonchev–Trinajstić information content (AvgIpc) is 3.59. The highest BCUT2D eigenvalue weighted by molar-refractivity contribution is 5.68. The van der Waals surface area contributed by atoms with Crippen LogP contribution in [0, 0.1) is 0 Å². The number of likely N-dealkylation sites (N-methyl/N-ethyl adjacent to an activating group) is 1. The normalized spacial score (nSPS) is 21.1. The molecule has 2 saturated heterocycles. The fourth-order valence-corrected chi connectivity index (χ4v) is 5.35. The maximum atomic E-state index is 5.15. The first-order valence-corrected chi connectivity index (χ1v) is 11.8. The summed E-state index contributed by atoms with van der Waals surface area (Å²) in [6.45, 7) is 7.67. The first-order valence-electron chi connectivity index (χ1n) is 11.8. The fourth-order valence-electron chi connectivity index (χ4n) is 5.35. The van der Waals surface area contributed by atoms with E-state index >= 15 is 0 Å². The molecule has 33 heavy (non-hydrogen) atoms. The zero-order chi connectivity index (χ0) is 22.4. The molecule has 168 valence electrons. The van der Waals surface area contributed by atoms with Crippen molar-refractivity contribution >= 4 is 17.4 Å². The molecule has 7 heteroatoms. The van der Waals surface area contributed by atoms with Crippen LogP contribution in [0.3, 0.4) is 0 Å². The van der Waals surface area contributed by atoms with Crippen LogP contribution in [0.25, 0.3) is 16.9 Å². The van der Waals surface area contributed by atoms with Crippen molar-refractivity contribution in [3.63, 3.8) is 0 Å². The van der Waals surface area contributed by atoms with Crippen LogP contribution < -0.4 is 10.2 Å². The van der Waals surface area contributed by atoms with Crippen molar-refractivity contribution in [1.29, 1.82) is 0 Å². The summed E-state index contributed by atoms with van der Waals surface area (Å²) in [5.41, 5.74) is 4.12. The predicted octanol–water partition coefficient (Wildman–Crippen LogP) is 4.25. The number of nitrogens with zero attached hydrogens (tertiary/aromatic N) is 6. The number of likely N-dealkylation sites (tertiary alicyclic amines) is 1. The van der Waals surface area contributed by atoms with Crippen LogP contribution in [-0.2, 0) is 0 Å². The van der Waals surface area contributed by atoms with Crippen molar-refractivity contribution in [3.8, 4) is 11.3 Å². The van der Waals surface area contributed by atoms with E-state index < -0.39 is 0 Å². The van der Waals surface area contributed by atoms with E-state index in [4.69, 9.17) is 4.98 Å². The maximum Gasteiger partial charge on any atom is 0.212 e. The zero-order valence-corrected chi connectivity index (χ0v) is 19.1. The monoisotopic (exact) mass is 439 g/mol. The Morgan fingerprint density at radius 3 is 2.70 bits per heavy atom. The van der Waals surface area contributed by atoms with Crippen LogP contribution in [0.1, 0.15) is 31.9 Å². The molecular formula is C26H29N7. The molecule has 6 rings (SSSR count). The van der Waals surface area contributed by atoms with E-state index in [0.717, 1.165) is 48.3 Å². The summed E-state index contributed by atoms with van der Waals surface area (Å²) in [4.78, 5) is 19.4. The van der Waals surface area contributed by atoms with Gasteiger partial charge in [0.15, 0.2) is 0 Å². The number of benzene rings is 1. The lowest BCUT2D eigenvalue weighted by Gasteiger charge is -2.34. The van der Waals surface area contributed by atoms with Gasteiger partial charge in [-0.1, -0.05) is 37.3 Å².